The third-order valence-electron chi connectivity index (χ3n) is 6.96. The number of likely N-dealkylation sites (tertiary alicyclic amines) is 1. The second-order valence-corrected chi connectivity index (χ2v) is 9.01. The normalized spacial score (nSPS) is 27.1. The highest BCUT2D eigenvalue weighted by atomic mass is 15.3. The Morgan fingerprint density at radius 1 is 0.964 bits per heavy atom. The molecule has 1 aromatic rings. The molecule has 4 rings (SSSR count). The minimum absolute atomic E-state index is 0.854. The van der Waals surface area contributed by atoms with E-state index in [1.165, 1.54) is 76.1 Å². The Hall–Kier alpha value is -1.59. The summed E-state index contributed by atoms with van der Waals surface area (Å²) in [5.41, 5.74) is 2.75. The van der Waals surface area contributed by atoms with Gasteiger partial charge in [0.25, 0.3) is 0 Å². The van der Waals surface area contributed by atoms with E-state index in [0.29, 0.717) is 0 Å². The summed E-state index contributed by atoms with van der Waals surface area (Å²) in [5.74, 6) is 2.86. The van der Waals surface area contributed by atoms with Crippen LogP contribution in [0, 0.1) is 11.8 Å². The molecule has 1 saturated carbocycles. The van der Waals surface area contributed by atoms with Crippen LogP contribution >= 0.6 is 0 Å². The molecular weight excluding hydrogens is 346 g/mol. The molecule has 1 N–H and O–H groups in total. The molecule has 3 fully saturated rings. The van der Waals surface area contributed by atoms with E-state index in [1.54, 1.807) is 0 Å². The highest BCUT2D eigenvalue weighted by Gasteiger charge is 2.35. The van der Waals surface area contributed by atoms with Crippen LogP contribution in [0.1, 0.15) is 36.8 Å². The first-order valence-electron chi connectivity index (χ1n) is 11.2. The number of benzene rings is 1. The van der Waals surface area contributed by atoms with Crippen molar-refractivity contribution in [3.63, 3.8) is 0 Å². The van der Waals surface area contributed by atoms with E-state index in [0.717, 1.165) is 30.9 Å². The van der Waals surface area contributed by atoms with Gasteiger partial charge in [-0.15, -0.1) is 0 Å². The smallest absolute Gasteiger partial charge is 0.193 e. The molecule has 1 aliphatic carbocycles. The zero-order chi connectivity index (χ0) is 19.3. The quantitative estimate of drug-likeness (QED) is 0.640. The first-order chi connectivity index (χ1) is 13.7. The number of likely N-dealkylation sites (N-methyl/N-ethyl adjacent to an activating group) is 1. The highest BCUT2D eigenvalue weighted by Crippen LogP contribution is 2.35. The minimum Gasteiger partial charge on any atom is -0.352 e. The van der Waals surface area contributed by atoms with Crippen molar-refractivity contribution in [2.45, 2.75) is 38.8 Å². The number of nitrogens with zero attached hydrogens (tertiary/aromatic N) is 4. The predicted molar refractivity (Wildman–Crippen MR) is 116 cm³/mol. The van der Waals surface area contributed by atoms with Crippen molar-refractivity contribution in [3.05, 3.63) is 35.4 Å². The van der Waals surface area contributed by atoms with Crippen molar-refractivity contribution in [1.82, 2.24) is 20.0 Å². The van der Waals surface area contributed by atoms with Gasteiger partial charge in [-0.2, -0.15) is 0 Å². The van der Waals surface area contributed by atoms with Gasteiger partial charge in [0.2, 0.25) is 0 Å². The van der Waals surface area contributed by atoms with Crippen LogP contribution in [-0.2, 0) is 13.1 Å². The molecule has 0 radical (unpaired) electrons. The monoisotopic (exact) mass is 383 g/mol. The molecule has 3 aliphatic rings. The van der Waals surface area contributed by atoms with Crippen molar-refractivity contribution in [2.24, 2.45) is 16.8 Å². The molecule has 0 aromatic heterocycles. The molecule has 0 amide bonds. The molecular formula is C23H37N5. The molecule has 2 saturated heterocycles. The summed E-state index contributed by atoms with van der Waals surface area (Å²) in [6, 6.07) is 9.13. The fraction of sp³-hybridized carbons (Fsp3) is 0.696. The number of hydrogen-bond donors (Lipinski definition) is 1. The van der Waals surface area contributed by atoms with Gasteiger partial charge in [0.15, 0.2) is 5.96 Å². The van der Waals surface area contributed by atoms with Gasteiger partial charge in [-0.1, -0.05) is 37.1 Å². The second-order valence-electron chi connectivity index (χ2n) is 9.01. The van der Waals surface area contributed by atoms with Gasteiger partial charge >= 0.3 is 0 Å². The Morgan fingerprint density at radius 2 is 1.57 bits per heavy atom. The summed E-state index contributed by atoms with van der Waals surface area (Å²) in [4.78, 5) is 12.0. The van der Waals surface area contributed by atoms with Crippen LogP contribution in [0.4, 0.5) is 0 Å². The zero-order valence-electron chi connectivity index (χ0n) is 17.7. The van der Waals surface area contributed by atoms with E-state index < -0.39 is 0 Å². The van der Waals surface area contributed by atoms with Crippen LogP contribution in [0.5, 0.6) is 0 Å². The summed E-state index contributed by atoms with van der Waals surface area (Å²) < 4.78 is 0. The second kappa shape index (κ2) is 9.27. The Balaban J connectivity index is 1.26. The lowest BCUT2D eigenvalue weighted by Crippen LogP contribution is -2.43. The maximum atomic E-state index is 4.56. The largest absolute Gasteiger partial charge is 0.352 e. The molecule has 2 unspecified atom stereocenters. The van der Waals surface area contributed by atoms with E-state index in [-0.39, 0.29) is 0 Å². The van der Waals surface area contributed by atoms with E-state index in [2.05, 4.69) is 56.3 Å². The van der Waals surface area contributed by atoms with Crippen LogP contribution in [0.2, 0.25) is 0 Å². The Morgan fingerprint density at radius 3 is 2.18 bits per heavy atom. The summed E-state index contributed by atoms with van der Waals surface area (Å²) in [5, 5.41) is 3.60. The first-order valence-corrected chi connectivity index (χ1v) is 11.2. The van der Waals surface area contributed by atoms with Crippen molar-refractivity contribution in [3.8, 4) is 0 Å². The number of piperazine rings is 1. The third-order valence-corrected chi connectivity index (χ3v) is 6.96. The summed E-state index contributed by atoms with van der Waals surface area (Å²) in [7, 11) is 4.13. The zero-order valence-corrected chi connectivity index (χ0v) is 17.7. The van der Waals surface area contributed by atoms with Crippen LogP contribution in [0.3, 0.4) is 0 Å². The van der Waals surface area contributed by atoms with Gasteiger partial charge < -0.3 is 15.1 Å². The number of nitrogens with one attached hydrogen (secondary N) is 1. The van der Waals surface area contributed by atoms with Gasteiger partial charge in [0.05, 0.1) is 0 Å². The Labute approximate surface area is 170 Å². The summed E-state index contributed by atoms with van der Waals surface area (Å²) >= 11 is 0. The van der Waals surface area contributed by atoms with Crippen molar-refractivity contribution < 1.29 is 0 Å². The number of hydrogen-bond acceptors (Lipinski definition) is 3. The third kappa shape index (κ3) is 4.87. The maximum Gasteiger partial charge on any atom is 0.193 e. The van der Waals surface area contributed by atoms with Gasteiger partial charge in [0.1, 0.15) is 0 Å². The van der Waals surface area contributed by atoms with Crippen LogP contribution in [-0.4, -0.2) is 74.0 Å². The lowest BCUT2D eigenvalue weighted by Gasteiger charge is -2.32. The molecule has 2 heterocycles. The van der Waals surface area contributed by atoms with Crippen LogP contribution in [0.15, 0.2) is 29.3 Å². The van der Waals surface area contributed by atoms with Gasteiger partial charge in [0, 0.05) is 59.4 Å². The van der Waals surface area contributed by atoms with Crippen molar-refractivity contribution in [1.29, 1.82) is 0 Å². The molecule has 2 aliphatic heterocycles. The molecule has 154 valence electrons. The maximum absolute atomic E-state index is 4.56. The van der Waals surface area contributed by atoms with E-state index in [9.17, 15) is 0 Å². The fourth-order valence-corrected chi connectivity index (χ4v) is 5.12. The Kier molecular flexibility index (Phi) is 6.53. The van der Waals surface area contributed by atoms with Gasteiger partial charge in [-0.25, -0.2) is 0 Å². The highest BCUT2D eigenvalue weighted by molar-refractivity contribution is 5.80. The topological polar surface area (TPSA) is 34.1 Å². The molecule has 0 bridgehead atoms. The average Bonchev–Trinajstić information content (AvgIpc) is 3.15. The average molecular weight is 384 g/mol. The van der Waals surface area contributed by atoms with Crippen LogP contribution in [0.25, 0.3) is 0 Å². The fourth-order valence-electron chi connectivity index (χ4n) is 5.12. The molecule has 0 spiro atoms. The molecule has 5 nitrogen and oxygen atoms in total. The number of aliphatic imine (C=N–C) groups is 1. The lowest BCUT2D eigenvalue weighted by atomic mass is 9.82. The number of guanidine groups is 1. The lowest BCUT2D eigenvalue weighted by molar-refractivity contribution is 0.148. The van der Waals surface area contributed by atoms with Crippen molar-refractivity contribution >= 4 is 5.96 Å². The molecule has 2 atom stereocenters. The molecule has 1 aromatic carbocycles. The Bertz CT molecular complexity index is 633. The first kappa shape index (κ1) is 19.7. The van der Waals surface area contributed by atoms with Crippen LogP contribution < -0.4 is 5.32 Å². The van der Waals surface area contributed by atoms with Crippen molar-refractivity contribution in [2.75, 3.05) is 53.4 Å². The molecule has 5 heteroatoms. The van der Waals surface area contributed by atoms with Gasteiger partial charge in [-0.05, 0) is 42.9 Å². The summed E-state index contributed by atoms with van der Waals surface area (Å²) in [6.07, 6.45) is 5.66. The summed E-state index contributed by atoms with van der Waals surface area (Å²) in [6.45, 7) is 9.01. The SMILES string of the molecule is CN=C(NCc1ccc(CN2CCN(C)CC2)cc1)N1CC2CCCCC2C1. The van der Waals surface area contributed by atoms with E-state index >= 15 is 0 Å². The van der Waals surface area contributed by atoms with E-state index in [1.807, 2.05) is 7.05 Å². The molecule has 28 heavy (non-hydrogen) atoms. The number of fused-ring (bicyclic) bond motifs is 1. The minimum atomic E-state index is 0.854. The number of rotatable bonds is 4. The van der Waals surface area contributed by atoms with E-state index in [4.69, 9.17) is 0 Å². The predicted octanol–water partition coefficient (Wildman–Crippen LogP) is 2.63. The standard InChI is InChI=1S/C23H37N5/c1-24-23(28-17-21-5-3-4-6-22(21)18-28)25-15-19-7-9-20(10-8-19)16-27-13-11-26(2)12-14-27/h7-10,21-22H,3-6,11-18H2,1-2H3,(H,24,25). The van der Waals surface area contributed by atoms with Gasteiger partial charge in [-0.3, -0.25) is 9.89 Å².